The number of carbonyl (C=O) groups excluding carboxylic acids is 1. The molecule has 78 valence electrons. The Hall–Kier alpha value is -1.23. The smallest absolute Gasteiger partial charge is 0.306 e. The molecule has 0 radical (unpaired) electrons. The fraction of sp³-hybridized carbons (Fsp3) is 0.583. The lowest BCUT2D eigenvalue weighted by atomic mass is 10.2. The van der Waals surface area contributed by atoms with Crippen LogP contribution in [0.15, 0.2) is 11.6 Å². The summed E-state index contributed by atoms with van der Waals surface area (Å²) in [6, 6.07) is 0. The Morgan fingerprint density at radius 1 is 1.50 bits per heavy atom. The van der Waals surface area contributed by atoms with Gasteiger partial charge >= 0.3 is 5.97 Å². The molecule has 0 N–H and O–H groups in total. The van der Waals surface area contributed by atoms with Crippen molar-refractivity contribution in [1.29, 1.82) is 0 Å². The lowest BCUT2D eigenvalue weighted by Crippen LogP contribution is -2.23. The van der Waals surface area contributed by atoms with Crippen LogP contribution in [0.4, 0.5) is 0 Å². The molecule has 0 unspecified atom stereocenters. The Balaban J connectivity index is 3.83. The molecule has 0 heterocycles. The van der Waals surface area contributed by atoms with E-state index in [1.54, 1.807) is 0 Å². The number of hydrogen-bond donors (Lipinski definition) is 0. The summed E-state index contributed by atoms with van der Waals surface area (Å²) >= 11 is 0. The first-order valence-electron chi connectivity index (χ1n) is 4.70. The highest BCUT2D eigenvalue weighted by atomic mass is 16.6. The minimum atomic E-state index is -0.401. The molecule has 2 heteroatoms. The molecule has 0 aliphatic rings. The van der Waals surface area contributed by atoms with Crippen molar-refractivity contribution < 1.29 is 9.53 Å². The maximum Gasteiger partial charge on any atom is 0.306 e. The van der Waals surface area contributed by atoms with Gasteiger partial charge in [0, 0.05) is 6.42 Å². The van der Waals surface area contributed by atoms with Gasteiger partial charge in [0.2, 0.25) is 0 Å². The van der Waals surface area contributed by atoms with Crippen molar-refractivity contribution in [2.24, 2.45) is 0 Å². The number of allylic oxidation sites excluding steroid dienone is 2. The Kier molecular flexibility index (Phi) is 5.01. The van der Waals surface area contributed by atoms with Crippen LogP contribution < -0.4 is 0 Å². The van der Waals surface area contributed by atoms with E-state index >= 15 is 0 Å². The van der Waals surface area contributed by atoms with Crippen LogP contribution in [0.5, 0.6) is 0 Å². The van der Waals surface area contributed by atoms with Crippen molar-refractivity contribution in [2.75, 3.05) is 0 Å². The summed E-state index contributed by atoms with van der Waals surface area (Å²) in [5.74, 6) is 2.31. The fourth-order valence-corrected chi connectivity index (χ4v) is 0.858. The second-order valence-corrected chi connectivity index (χ2v) is 4.16. The number of ether oxygens (including phenoxy) is 1. The lowest BCUT2D eigenvalue weighted by molar-refractivity contribution is -0.154. The van der Waals surface area contributed by atoms with Gasteiger partial charge in [0.1, 0.15) is 5.60 Å². The molecule has 0 saturated carbocycles. The van der Waals surface area contributed by atoms with Crippen molar-refractivity contribution >= 4 is 5.97 Å². The Morgan fingerprint density at radius 2 is 2.07 bits per heavy atom. The summed E-state index contributed by atoms with van der Waals surface area (Å²) in [5.41, 5.74) is 0.454. The molecule has 0 fully saturated rings. The molecular weight excluding hydrogens is 176 g/mol. The van der Waals surface area contributed by atoms with Gasteiger partial charge in [0.25, 0.3) is 0 Å². The molecular formula is C12H18O2. The highest BCUT2D eigenvalue weighted by Gasteiger charge is 2.15. The Labute approximate surface area is 86.3 Å². The van der Waals surface area contributed by atoms with Gasteiger partial charge in [0.15, 0.2) is 0 Å². The van der Waals surface area contributed by atoms with Crippen molar-refractivity contribution in [1.82, 2.24) is 0 Å². The average molecular weight is 194 g/mol. The number of hydrogen-bond acceptors (Lipinski definition) is 2. The van der Waals surface area contributed by atoms with E-state index in [-0.39, 0.29) is 5.97 Å². The molecule has 0 aromatic carbocycles. The molecule has 0 aliphatic heterocycles. The van der Waals surface area contributed by atoms with Crippen LogP contribution in [0.3, 0.4) is 0 Å². The van der Waals surface area contributed by atoms with Crippen LogP contribution in [0.2, 0.25) is 0 Å². The number of carbonyl (C=O) groups is 1. The highest BCUT2D eigenvalue weighted by molar-refractivity contribution is 5.70. The molecule has 14 heavy (non-hydrogen) atoms. The number of rotatable bonds is 3. The largest absolute Gasteiger partial charge is 0.460 e. The zero-order valence-corrected chi connectivity index (χ0v) is 9.39. The molecule has 2 nitrogen and oxygen atoms in total. The monoisotopic (exact) mass is 194 g/mol. The zero-order chi connectivity index (χ0) is 11.2. The van der Waals surface area contributed by atoms with Crippen molar-refractivity contribution in [3.8, 4) is 12.3 Å². The average Bonchev–Trinajstić information content (AvgIpc) is 2.00. The molecule has 0 bridgehead atoms. The van der Waals surface area contributed by atoms with E-state index in [0.717, 1.165) is 5.57 Å². The van der Waals surface area contributed by atoms with E-state index in [2.05, 4.69) is 5.92 Å². The quantitative estimate of drug-likeness (QED) is 0.510. The maximum absolute atomic E-state index is 11.2. The van der Waals surface area contributed by atoms with E-state index in [4.69, 9.17) is 11.2 Å². The summed E-state index contributed by atoms with van der Waals surface area (Å²) in [7, 11) is 0. The molecule has 0 aromatic heterocycles. The molecule has 0 spiro atoms. The summed E-state index contributed by atoms with van der Waals surface area (Å²) in [5, 5.41) is 0. The van der Waals surface area contributed by atoms with Gasteiger partial charge in [-0.25, -0.2) is 0 Å². The third-order valence-electron chi connectivity index (χ3n) is 1.45. The predicted molar refractivity (Wildman–Crippen MR) is 57.7 cm³/mol. The molecule has 0 rings (SSSR count). The second-order valence-electron chi connectivity index (χ2n) is 4.16. The van der Waals surface area contributed by atoms with E-state index in [1.165, 1.54) is 0 Å². The third-order valence-corrected chi connectivity index (χ3v) is 1.45. The standard InChI is InChI=1S/C12H18O2/c1-6-10(2)8-7-9-11(13)14-12(3,4)5/h1,8H,7,9H2,2-5H3/b10-8+. The van der Waals surface area contributed by atoms with Gasteiger partial charge in [-0.15, -0.1) is 6.42 Å². The highest BCUT2D eigenvalue weighted by Crippen LogP contribution is 2.09. The first kappa shape index (κ1) is 12.8. The third kappa shape index (κ3) is 7.42. The lowest BCUT2D eigenvalue weighted by Gasteiger charge is -2.19. The van der Waals surface area contributed by atoms with Crippen LogP contribution in [-0.2, 0) is 9.53 Å². The van der Waals surface area contributed by atoms with Gasteiger partial charge in [-0.1, -0.05) is 12.0 Å². The topological polar surface area (TPSA) is 26.3 Å². The minimum Gasteiger partial charge on any atom is -0.460 e. The van der Waals surface area contributed by atoms with Crippen LogP contribution in [0, 0.1) is 12.3 Å². The van der Waals surface area contributed by atoms with Crippen molar-refractivity contribution in [3.05, 3.63) is 11.6 Å². The Morgan fingerprint density at radius 3 is 2.50 bits per heavy atom. The van der Waals surface area contributed by atoms with Gasteiger partial charge in [-0.2, -0.15) is 0 Å². The number of esters is 1. The first-order valence-corrected chi connectivity index (χ1v) is 4.70. The summed E-state index contributed by atoms with van der Waals surface area (Å²) < 4.78 is 5.13. The SMILES string of the molecule is C#C/C(C)=C/CCC(=O)OC(C)(C)C. The van der Waals surface area contributed by atoms with Crippen LogP contribution in [-0.4, -0.2) is 11.6 Å². The van der Waals surface area contributed by atoms with Gasteiger partial charge < -0.3 is 4.74 Å². The second kappa shape index (κ2) is 5.49. The van der Waals surface area contributed by atoms with Crippen molar-refractivity contribution in [2.45, 2.75) is 46.1 Å². The zero-order valence-electron chi connectivity index (χ0n) is 9.39. The summed E-state index contributed by atoms with van der Waals surface area (Å²) in [4.78, 5) is 11.2. The van der Waals surface area contributed by atoms with E-state index < -0.39 is 5.60 Å². The molecule has 0 saturated heterocycles. The first-order chi connectivity index (χ1) is 6.35. The Bertz CT molecular complexity index is 261. The molecule has 0 amide bonds. The van der Waals surface area contributed by atoms with Crippen LogP contribution in [0.1, 0.15) is 40.5 Å². The number of terminal acetylenes is 1. The summed E-state index contributed by atoms with van der Waals surface area (Å²) in [6.45, 7) is 7.41. The van der Waals surface area contributed by atoms with Gasteiger partial charge in [-0.3, -0.25) is 4.79 Å². The van der Waals surface area contributed by atoms with E-state index in [1.807, 2.05) is 33.8 Å². The maximum atomic E-state index is 11.2. The van der Waals surface area contributed by atoms with E-state index in [0.29, 0.717) is 12.8 Å². The van der Waals surface area contributed by atoms with Gasteiger partial charge in [0.05, 0.1) is 0 Å². The summed E-state index contributed by atoms with van der Waals surface area (Å²) in [6.07, 6.45) is 8.05. The fourth-order valence-electron chi connectivity index (χ4n) is 0.858. The molecule has 0 atom stereocenters. The molecule has 0 aromatic rings. The van der Waals surface area contributed by atoms with Crippen LogP contribution in [0.25, 0.3) is 0 Å². The predicted octanol–water partition coefficient (Wildman–Crippen LogP) is 2.69. The van der Waals surface area contributed by atoms with Crippen LogP contribution >= 0.6 is 0 Å². The van der Waals surface area contributed by atoms with Crippen molar-refractivity contribution in [3.63, 3.8) is 0 Å². The van der Waals surface area contributed by atoms with E-state index in [9.17, 15) is 4.79 Å². The molecule has 0 aliphatic carbocycles. The minimum absolute atomic E-state index is 0.182. The normalized spacial score (nSPS) is 12.1. The van der Waals surface area contributed by atoms with Gasteiger partial charge in [-0.05, 0) is 39.7 Å².